The van der Waals surface area contributed by atoms with Crippen LogP contribution < -0.4 is 24.8 Å². The lowest BCUT2D eigenvalue weighted by Gasteiger charge is -2.37. The second-order valence-electron chi connectivity index (χ2n) is 10.1. The van der Waals surface area contributed by atoms with Gasteiger partial charge in [0.1, 0.15) is 17.1 Å². The Morgan fingerprint density at radius 1 is 1.13 bits per heavy atom. The van der Waals surface area contributed by atoms with Crippen molar-refractivity contribution >= 4 is 28.3 Å². The van der Waals surface area contributed by atoms with Crippen molar-refractivity contribution in [3.05, 3.63) is 58.1 Å². The van der Waals surface area contributed by atoms with Crippen molar-refractivity contribution in [3.63, 3.8) is 0 Å². The number of amides is 1. The molecular formula is C29H33N3O6S. The summed E-state index contributed by atoms with van der Waals surface area (Å²) >= 11 is 1.44. The van der Waals surface area contributed by atoms with E-state index in [1.807, 2.05) is 24.4 Å². The van der Waals surface area contributed by atoms with Crippen molar-refractivity contribution in [1.29, 1.82) is 0 Å². The van der Waals surface area contributed by atoms with E-state index in [4.69, 9.17) is 14.2 Å². The maximum atomic E-state index is 13.1. The normalized spacial score (nSPS) is 20.0. The molecule has 3 N–H and O–H groups in total. The summed E-state index contributed by atoms with van der Waals surface area (Å²) in [6.07, 6.45) is 5.56. The summed E-state index contributed by atoms with van der Waals surface area (Å²) in [6.45, 7) is 3.14. The molecule has 0 saturated carbocycles. The van der Waals surface area contributed by atoms with Gasteiger partial charge in [0.15, 0.2) is 16.6 Å². The van der Waals surface area contributed by atoms with Gasteiger partial charge < -0.3 is 30.0 Å². The van der Waals surface area contributed by atoms with Crippen LogP contribution in [0.25, 0.3) is 0 Å². The predicted molar refractivity (Wildman–Crippen MR) is 149 cm³/mol. The minimum atomic E-state index is -1.06. The standard InChI is InChI=1S/C29H33N3O6S/c1-29-16-26(33)32-28-31-19(17-39-28)7-5-3-4-6-12-37-23-14-20(8-9-21(23)27(34)35)38-25-15-22(29)18(10-11-30-29)13-24(25)36-2/h8-9,13-15,17,30H,3-7,10-12,16H2,1-2H3,(H,34,35)(H,31,32,33)/t29-/m1/s1. The molecular weight excluding hydrogens is 518 g/mol. The lowest BCUT2D eigenvalue weighted by molar-refractivity contribution is -0.117. The molecule has 10 heteroatoms. The SMILES string of the molecule is COc1cc2c3cc1Oc1ccc(C(=O)O)c(c1)OCCCCCCc1csc(n1)NC(=O)C[C@@]3(C)NCC2. The van der Waals surface area contributed by atoms with Gasteiger partial charge in [0.2, 0.25) is 5.91 Å². The number of carboxylic acids is 1. The van der Waals surface area contributed by atoms with Gasteiger partial charge in [-0.1, -0.05) is 12.8 Å². The highest BCUT2D eigenvalue weighted by Gasteiger charge is 2.35. The maximum absolute atomic E-state index is 13.1. The highest BCUT2D eigenvalue weighted by Crippen LogP contribution is 2.41. The van der Waals surface area contributed by atoms with Crippen LogP contribution in [-0.2, 0) is 23.2 Å². The van der Waals surface area contributed by atoms with Crippen LogP contribution in [0, 0.1) is 0 Å². The van der Waals surface area contributed by atoms with Crippen LogP contribution in [-0.4, -0.2) is 42.2 Å². The first-order chi connectivity index (χ1) is 18.8. The van der Waals surface area contributed by atoms with Crippen LogP contribution in [0.4, 0.5) is 5.13 Å². The Morgan fingerprint density at radius 3 is 2.79 bits per heavy atom. The molecule has 3 heterocycles. The van der Waals surface area contributed by atoms with Crippen LogP contribution in [0.1, 0.15) is 66.2 Å². The summed E-state index contributed by atoms with van der Waals surface area (Å²) in [5.74, 6) is 0.546. The Bertz CT molecular complexity index is 1370. The molecule has 206 valence electrons. The van der Waals surface area contributed by atoms with E-state index in [-0.39, 0.29) is 23.6 Å². The van der Waals surface area contributed by atoms with E-state index in [2.05, 4.69) is 15.6 Å². The second kappa shape index (κ2) is 11.6. The van der Waals surface area contributed by atoms with E-state index in [0.717, 1.165) is 61.9 Å². The summed E-state index contributed by atoms with van der Waals surface area (Å²) in [7, 11) is 1.58. The number of carboxylic acid groups (broad SMARTS) is 1. The van der Waals surface area contributed by atoms with Gasteiger partial charge in [-0.25, -0.2) is 9.78 Å². The summed E-state index contributed by atoms with van der Waals surface area (Å²) in [5.41, 5.74) is 2.45. The van der Waals surface area contributed by atoms with Crippen molar-refractivity contribution < 1.29 is 28.9 Å². The molecule has 1 aromatic heterocycles. The van der Waals surface area contributed by atoms with Gasteiger partial charge in [-0.05, 0) is 68.0 Å². The molecule has 39 heavy (non-hydrogen) atoms. The van der Waals surface area contributed by atoms with E-state index < -0.39 is 11.5 Å². The number of carbonyl (C=O) groups excluding carboxylic acids is 1. The van der Waals surface area contributed by atoms with E-state index in [9.17, 15) is 14.7 Å². The predicted octanol–water partition coefficient (Wildman–Crippen LogP) is 5.53. The van der Waals surface area contributed by atoms with Gasteiger partial charge in [0.25, 0.3) is 0 Å². The lowest BCUT2D eigenvalue weighted by atomic mass is 9.81. The van der Waals surface area contributed by atoms with Gasteiger partial charge in [0, 0.05) is 30.0 Å². The molecule has 2 aliphatic heterocycles. The molecule has 0 radical (unpaired) electrons. The molecule has 2 aliphatic rings. The van der Waals surface area contributed by atoms with E-state index in [0.29, 0.717) is 29.0 Å². The number of hydrogen-bond donors (Lipinski definition) is 3. The fraction of sp³-hybridized carbons (Fsp3) is 0.414. The largest absolute Gasteiger partial charge is 0.493 e. The van der Waals surface area contributed by atoms with E-state index >= 15 is 0 Å². The summed E-state index contributed by atoms with van der Waals surface area (Å²) in [5, 5.41) is 18.8. The number of rotatable bonds is 2. The molecule has 5 rings (SSSR count). The van der Waals surface area contributed by atoms with Crippen LogP contribution in [0.5, 0.6) is 23.0 Å². The highest BCUT2D eigenvalue weighted by atomic mass is 32.1. The summed E-state index contributed by atoms with van der Waals surface area (Å²) < 4.78 is 17.8. The molecule has 0 unspecified atom stereocenters. The highest BCUT2D eigenvalue weighted by molar-refractivity contribution is 7.13. The minimum Gasteiger partial charge on any atom is -0.493 e. The number of anilines is 1. The van der Waals surface area contributed by atoms with E-state index in [1.165, 1.54) is 17.4 Å². The molecule has 0 aliphatic carbocycles. The first-order valence-electron chi connectivity index (χ1n) is 13.2. The third-order valence-electron chi connectivity index (χ3n) is 7.20. The quantitative estimate of drug-likeness (QED) is 0.381. The van der Waals surface area contributed by atoms with Gasteiger partial charge in [0.05, 0.1) is 19.4 Å². The Labute approximate surface area is 231 Å². The topological polar surface area (TPSA) is 119 Å². The number of methoxy groups -OCH3 is 1. The molecule has 0 saturated heterocycles. The summed E-state index contributed by atoms with van der Waals surface area (Å²) in [4.78, 5) is 29.6. The number of fused-ring (bicyclic) bond motifs is 5. The second-order valence-corrected chi connectivity index (χ2v) is 11.0. The van der Waals surface area contributed by atoms with Gasteiger partial charge in [-0.2, -0.15) is 0 Å². The zero-order valence-electron chi connectivity index (χ0n) is 22.2. The van der Waals surface area contributed by atoms with Crippen molar-refractivity contribution in [2.24, 2.45) is 0 Å². The Morgan fingerprint density at radius 2 is 1.97 bits per heavy atom. The minimum absolute atomic E-state index is 0.0836. The third-order valence-corrected chi connectivity index (χ3v) is 8.01. The molecule has 0 spiro atoms. The number of aromatic nitrogens is 1. The van der Waals surface area contributed by atoms with Crippen LogP contribution in [0.2, 0.25) is 0 Å². The first-order valence-corrected chi connectivity index (χ1v) is 14.1. The van der Waals surface area contributed by atoms with Gasteiger partial charge >= 0.3 is 5.97 Å². The van der Waals surface area contributed by atoms with Gasteiger partial charge in [-0.15, -0.1) is 11.3 Å². The number of carbonyl (C=O) groups is 2. The van der Waals surface area contributed by atoms with Crippen molar-refractivity contribution in [2.75, 3.05) is 25.6 Å². The molecule has 6 bridgehead atoms. The molecule has 0 fully saturated rings. The lowest BCUT2D eigenvalue weighted by Crippen LogP contribution is -2.47. The van der Waals surface area contributed by atoms with E-state index in [1.54, 1.807) is 19.2 Å². The number of hydrogen-bond acceptors (Lipinski definition) is 8. The fourth-order valence-corrected chi connectivity index (χ4v) is 5.95. The molecule has 2 aromatic carbocycles. The Balaban J connectivity index is 1.51. The van der Waals surface area contributed by atoms with Crippen LogP contribution in [0.15, 0.2) is 35.7 Å². The molecule has 9 nitrogen and oxygen atoms in total. The zero-order chi connectivity index (χ0) is 27.4. The average Bonchev–Trinajstić information content (AvgIpc) is 3.34. The molecule has 1 atom stereocenters. The number of nitrogens with one attached hydrogen (secondary N) is 2. The van der Waals surface area contributed by atoms with Crippen molar-refractivity contribution in [2.45, 2.75) is 57.4 Å². The average molecular weight is 552 g/mol. The Kier molecular flexibility index (Phi) is 8.04. The van der Waals surface area contributed by atoms with Gasteiger partial charge in [-0.3, -0.25) is 4.79 Å². The zero-order valence-corrected chi connectivity index (χ0v) is 23.0. The monoisotopic (exact) mass is 551 g/mol. The Hall–Kier alpha value is -3.63. The number of nitrogens with zero attached hydrogens (tertiary/aromatic N) is 1. The number of benzene rings is 2. The molecule has 3 aromatic rings. The van der Waals surface area contributed by atoms with Crippen LogP contribution >= 0.6 is 11.3 Å². The fourth-order valence-electron chi connectivity index (χ4n) is 5.18. The third kappa shape index (κ3) is 6.17. The smallest absolute Gasteiger partial charge is 0.339 e. The number of aromatic carboxylic acids is 1. The van der Waals surface area contributed by atoms with Crippen LogP contribution in [0.3, 0.4) is 0 Å². The summed E-state index contributed by atoms with van der Waals surface area (Å²) in [6, 6.07) is 8.56. The number of ether oxygens (including phenoxy) is 3. The number of aryl methyl sites for hydroxylation is 1. The van der Waals surface area contributed by atoms with Crippen molar-refractivity contribution in [1.82, 2.24) is 10.3 Å². The van der Waals surface area contributed by atoms with Crippen molar-refractivity contribution in [3.8, 4) is 23.0 Å². The molecule has 1 amide bonds. The first kappa shape index (κ1) is 27.0. The maximum Gasteiger partial charge on any atom is 0.339 e. The number of thiazole rings is 1.